The van der Waals surface area contributed by atoms with Crippen LogP contribution in [0, 0.1) is 0 Å². The summed E-state index contributed by atoms with van der Waals surface area (Å²) in [6.07, 6.45) is 6.69. The van der Waals surface area contributed by atoms with E-state index >= 15 is 0 Å². The summed E-state index contributed by atoms with van der Waals surface area (Å²) < 4.78 is 0.652. The number of nitrogens with zero attached hydrogens (tertiary/aromatic N) is 2. The molecule has 3 fully saturated rings. The highest BCUT2D eigenvalue weighted by molar-refractivity contribution is 5.80. The predicted octanol–water partition coefficient (Wildman–Crippen LogP) is -0.0336. The van der Waals surface area contributed by atoms with Gasteiger partial charge < -0.3 is 16.2 Å². The van der Waals surface area contributed by atoms with E-state index in [0.29, 0.717) is 48.8 Å². The third kappa shape index (κ3) is 4.27. The molecule has 0 bridgehead atoms. The maximum atomic E-state index is 13.4. The van der Waals surface area contributed by atoms with Crippen molar-refractivity contribution in [3.63, 3.8) is 0 Å². The first-order chi connectivity index (χ1) is 12.5. The van der Waals surface area contributed by atoms with Crippen molar-refractivity contribution in [1.82, 2.24) is 10.2 Å². The molecule has 2 unspecified atom stereocenters. The maximum Gasteiger partial charge on any atom is 0.315 e. The molecule has 3 heterocycles. The van der Waals surface area contributed by atoms with Crippen LogP contribution in [0.3, 0.4) is 0 Å². The molecule has 2 amide bonds. The molecule has 7 heteroatoms. The second-order valence-corrected chi connectivity index (χ2v) is 8.30. The topological polar surface area (TPSA) is 95.7 Å². The van der Waals surface area contributed by atoms with Crippen molar-refractivity contribution in [2.75, 3.05) is 39.3 Å². The van der Waals surface area contributed by atoms with Crippen molar-refractivity contribution < 1.29 is 19.2 Å². The standard InChI is InChI=1S/C19H34N4O3/c20-19(26)17-14-16(24)6-10-22(17)11-7-18(25)23(12-2-1-3-13-23)15-4-8-21-9-5-15/h15-17,21,24H,1-14H2,(H-,20,26)/p+1. The van der Waals surface area contributed by atoms with Crippen molar-refractivity contribution in [3.8, 4) is 0 Å². The molecule has 0 radical (unpaired) electrons. The summed E-state index contributed by atoms with van der Waals surface area (Å²) in [7, 11) is 0. The van der Waals surface area contributed by atoms with Gasteiger partial charge in [0.2, 0.25) is 5.91 Å². The van der Waals surface area contributed by atoms with Gasteiger partial charge >= 0.3 is 5.91 Å². The van der Waals surface area contributed by atoms with Crippen molar-refractivity contribution in [2.45, 2.75) is 69.6 Å². The molecule has 3 rings (SSSR count). The zero-order chi connectivity index (χ0) is 18.6. The molecule has 2 atom stereocenters. The Balaban J connectivity index is 1.65. The van der Waals surface area contributed by atoms with E-state index in [-0.39, 0.29) is 0 Å². The molecule has 7 nitrogen and oxygen atoms in total. The Kier molecular flexibility index (Phi) is 6.66. The molecule has 0 aromatic rings. The smallest absolute Gasteiger partial charge is 0.315 e. The number of aliphatic hydroxyl groups excluding tert-OH is 1. The molecule has 0 spiro atoms. The lowest BCUT2D eigenvalue weighted by molar-refractivity contribution is -0.885. The fourth-order valence-electron chi connectivity index (χ4n) is 5.22. The van der Waals surface area contributed by atoms with Crippen LogP contribution in [0.2, 0.25) is 0 Å². The average molecular weight is 368 g/mol. The fraction of sp³-hybridized carbons (Fsp3) is 0.895. The molecule has 4 N–H and O–H groups in total. The maximum absolute atomic E-state index is 13.4. The summed E-state index contributed by atoms with van der Waals surface area (Å²) in [6, 6.07) is -0.000554. The number of nitrogens with one attached hydrogen (secondary N) is 1. The second kappa shape index (κ2) is 8.78. The molecule has 26 heavy (non-hydrogen) atoms. The number of aliphatic hydroxyl groups is 1. The molecule has 3 aliphatic rings. The van der Waals surface area contributed by atoms with Crippen LogP contribution in [0.4, 0.5) is 0 Å². The van der Waals surface area contributed by atoms with Gasteiger partial charge in [-0.15, -0.1) is 0 Å². The number of amides is 2. The van der Waals surface area contributed by atoms with Crippen LogP contribution in [0.1, 0.15) is 51.4 Å². The van der Waals surface area contributed by atoms with Crippen LogP contribution in [-0.2, 0) is 9.59 Å². The van der Waals surface area contributed by atoms with Gasteiger partial charge in [0.05, 0.1) is 37.7 Å². The Morgan fingerprint density at radius 3 is 2.46 bits per heavy atom. The Morgan fingerprint density at radius 1 is 1.12 bits per heavy atom. The van der Waals surface area contributed by atoms with Crippen LogP contribution >= 0.6 is 0 Å². The number of hydrogen-bond acceptors (Lipinski definition) is 5. The SMILES string of the molecule is NC(=O)C1CC(O)CCN1CCC(=O)[N+]1(C2CCNCC2)CCCCC1. The molecule has 0 aromatic heterocycles. The Hall–Kier alpha value is -1.02. The van der Waals surface area contributed by atoms with E-state index in [2.05, 4.69) is 5.32 Å². The number of piperidine rings is 3. The van der Waals surface area contributed by atoms with Crippen LogP contribution in [0.25, 0.3) is 0 Å². The zero-order valence-electron chi connectivity index (χ0n) is 15.9. The van der Waals surface area contributed by atoms with E-state index in [0.717, 1.165) is 51.9 Å². The van der Waals surface area contributed by atoms with Gasteiger partial charge in [0.25, 0.3) is 0 Å². The summed E-state index contributed by atoms with van der Waals surface area (Å²) >= 11 is 0. The third-order valence-electron chi connectivity index (χ3n) is 6.75. The van der Waals surface area contributed by atoms with Gasteiger partial charge in [-0.25, -0.2) is 4.79 Å². The lowest BCUT2D eigenvalue weighted by Crippen LogP contribution is -2.64. The van der Waals surface area contributed by atoms with Gasteiger partial charge in [0.15, 0.2) is 0 Å². The number of rotatable bonds is 5. The lowest BCUT2D eigenvalue weighted by atomic mass is 9.95. The number of primary amides is 1. The molecular weight excluding hydrogens is 332 g/mol. The summed E-state index contributed by atoms with van der Waals surface area (Å²) in [4.78, 5) is 27.1. The largest absolute Gasteiger partial charge is 0.393 e. The summed E-state index contributed by atoms with van der Waals surface area (Å²) in [5.74, 6) is -0.0534. The van der Waals surface area contributed by atoms with Crippen molar-refractivity contribution in [3.05, 3.63) is 0 Å². The molecular formula is C19H35N4O3+. The quantitative estimate of drug-likeness (QED) is 0.593. The van der Waals surface area contributed by atoms with Crippen LogP contribution < -0.4 is 11.1 Å². The van der Waals surface area contributed by atoms with Gasteiger partial charge in [-0.05, 0) is 32.1 Å². The van der Waals surface area contributed by atoms with Crippen molar-refractivity contribution in [2.24, 2.45) is 5.73 Å². The summed E-state index contributed by atoms with van der Waals surface area (Å²) in [5.41, 5.74) is 5.52. The van der Waals surface area contributed by atoms with E-state index in [1.165, 1.54) is 6.42 Å². The second-order valence-electron chi connectivity index (χ2n) is 8.30. The van der Waals surface area contributed by atoms with Crippen molar-refractivity contribution >= 4 is 11.8 Å². The Labute approximate surface area is 156 Å². The number of carbonyl (C=O) groups is 2. The fourth-order valence-corrected chi connectivity index (χ4v) is 5.22. The van der Waals surface area contributed by atoms with Crippen LogP contribution in [0.5, 0.6) is 0 Å². The highest BCUT2D eigenvalue weighted by Crippen LogP contribution is 2.29. The minimum absolute atomic E-state index is 0.339. The van der Waals surface area contributed by atoms with E-state index in [4.69, 9.17) is 5.73 Å². The van der Waals surface area contributed by atoms with Gasteiger partial charge in [-0.2, -0.15) is 0 Å². The van der Waals surface area contributed by atoms with Gasteiger partial charge in [0.1, 0.15) is 0 Å². The minimum Gasteiger partial charge on any atom is -0.393 e. The first-order valence-corrected chi connectivity index (χ1v) is 10.4. The minimum atomic E-state index is -0.463. The van der Waals surface area contributed by atoms with E-state index in [9.17, 15) is 14.7 Å². The number of carbonyl (C=O) groups excluding carboxylic acids is 2. The summed E-state index contributed by atoms with van der Waals surface area (Å²) in [5, 5.41) is 13.2. The van der Waals surface area contributed by atoms with E-state index < -0.39 is 18.1 Å². The number of likely N-dealkylation sites (tertiary alicyclic amines) is 2. The predicted molar refractivity (Wildman–Crippen MR) is 99.2 cm³/mol. The molecule has 0 saturated carbocycles. The van der Waals surface area contributed by atoms with Gasteiger partial charge in [0, 0.05) is 39.0 Å². The third-order valence-corrected chi connectivity index (χ3v) is 6.75. The monoisotopic (exact) mass is 367 g/mol. The number of nitrogens with two attached hydrogens (primary N) is 1. The van der Waals surface area contributed by atoms with Crippen LogP contribution in [0.15, 0.2) is 0 Å². The Bertz CT molecular complexity index is 501. The average Bonchev–Trinajstić information content (AvgIpc) is 2.67. The first kappa shape index (κ1) is 19.7. The van der Waals surface area contributed by atoms with Crippen LogP contribution in [-0.4, -0.2) is 83.8 Å². The normalized spacial score (nSPS) is 30.8. The van der Waals surface area contributed by atoms with Gasteiger partial charge in [-0.3, -0.25) is 14.2 Å². The molecule has 3 saturated heterocycles. The number of quaternary nitrogens is 1. The highest BCUT2D eigenvalue weighted by Gasteiger charge is 2.45. The van der Waals surface area contributed by atoms with Gasteiger partial charge in [-0.1, -0.05) is 0 Å². The molecule has 148 valence electrons. The van der Waals surface area contributed by atoms with E-state index in [1.807, 2.05) is 4.90 Å². The molecule has 0 aliphatic carbocycles. The summed E-state index contributed by atoms with van der Waals surface area (Å²) in [6.45, 7) is 5.17. The highest BCUT2D eigenvalue weighted by atomic mass is 16.3. The number of hydrogen-bond donors (Lipinski definition) is 3. The van der Waals surface area contributed by atoms with E-state index in [1.54, 1.807) is 0 Å². The Morgan fingerprint density at radius 2 is 1.81 bits per heavy atom. The lowest BCUT2D eigenvalue weighted by Gasteiger charge is -2.47. The zero-order valence-corrected chi connectivity index (χ0v) is 15.9. The van der Waals surface area contributed by atoms with Crippen molar-refractivity contribution in [1.29, 1.82) is 0 Å². The first-order valence-electron chi connectivity index (χ1n) is 10.4. The molecule has 3 aliphatic heterocycles. The molecule has 0 aromatic carbocycles.